The van der Waals surface area contributed by atoms with Gasteiger partial charge in [0, 0.05) is 5.56 Å². The molecular formula is C14H7ClFN3. The molecule has 0 radical (unpaired) electrons. The first-order chi connectivity index (χ1) is 9.20. The van der Waals surface area contributed by atoms with Gasteiger partial charge in [-0.3, -0.25) is 0 Å². The molecule has 1 heterocycles. The molecule has 0 fully saturated rings. The maximum Gasteiger partial charge on any atom is 0.142 e. The summed E-state index contributed by atoms with van der Waals surface area (Å²) in [6, 6.07) is 11.8. The van der Waals surface area contributed by atoms with E-state index in [2.05, 4.69) is 16.0 Å². The second-order valence-corrected chi connectivity index (χ2v) is 4.38. The van der Waals surface area contributed by atoms with Gasteiger partial charge in [-0.25, -0.2) is 9.37 Å². The zero-order valence-electron chi connectivity index (χ0n) is 9.61. The van der Waals surface area contributed by atoms with Crippen molar-refractivity contribution in [1.82, 2.24) is 9.97 Å². The monoisotopic (exact) mass is 271 g/mol. The van der Waals surface area contributed by atoms with E-state index in [-0.39, 0.29) is 5.02 Å². The minimum Gasteiger partial charge on any atom is -0.338 e. The molecule has 0 saturated heterocycles. The lowest BCUT2D eigenvalue weighted by atomic mass is 10.2. The SMILES string of the molecule is N#Cc1cccc2[nH]c(-c3cccc(F)c3Cl)nc12. The largest absolute Gasteiger partial charge is 0.338 e. The summed E-state index contributed by atoms with van der Waals surface area (Å²) in [5.41, 5.74) is 2.21. The van der Waals surface area contributed by atoms with Crippen LogP contribution < -0.4 is 0 Å². The minimum absolute atomic E-state index is 0.0139. The maximum absolute atomic E-state index is 13.4. The second-order valence-electron chi connectivity index (χ2n) is 4.00. The van der Waals surface area contributed by atoms with Gasteiger partial charge in [-0.15, -0.1) is 0 Å². The summed E-state index contributed by atoms with van der Waals surface area (Å²) in [4.78, 5) is 7.37. The standard InChI is InChI=1S/C14H7ClFN3/c15-12-9(4-2-5-10(12)16)14-18-11-6-1-3-8(7-17)13(11)19-14/h1-6H,(H,18,19). The molecular weight excluding hydrogens is 265 g/mol. The average Bonchev–Trinajstić information content (AvgIpc) is 2.85. The van der Waals surface area contributed by atoms with Crippen LogP contribution in [0.25, 0.3) is 22.4 Å². The summed E-state index contributed by atoms with van der Waals surface area (Å²) < 4.78 is 13.4. The highest BCUT2D eigenvalue weighted by molar-refractivity contribution is 6.33. The predicted molar refractivity (Wildman–Crippen MR) is 71.2 cm³/mol. The van der Waals surface area contributed by atoms with Crippen molar-refractivity contribution in [3.05, 3.63) is 52.8 Å². The third-order valence-electron chi connectivity index (χ3n) is 2.84. The quantitative estimate of drug-likeness (QED) is 0.730. The lowest BCUT2D eigenvalue weighted by Crippen LogP contribution is -1.85. The number of benzene rings is 2. The van der Waals surface area contributed by atoms with Crippen LogP contribution in [0.5, 0.6) is 0 Å². The number of halogens is 2. The fraction of sp³-hybridized carbons (Fsp3) is 0. The molecule has 19 heavy (non-hydrogen) atoms. The molecule has 0 atom stereocenters. The van der Waals surface area contributed by atoms with E-state index < -0.39 is 5.82 Å². The van der Waals surface area contributed by atoms with E-state index in [9.17, 15) is 4.39 Å². The van der Waals surface area contributed by atoms with Crippen LogP contribution in [0.3, 0.4) is 0 Å². The van der Waals surface area contributed by atoms with Crippen molar-refractivity contribution in [3.8, 4) is 17.5 Å². The summed E-state index contributed by atoms with van der Waals surface area (Å²) in [5.74, 6) is -0.0534. The molecule has 0 unspecified atom stereocenters. The number of H-pyrrole nitrogens is 1. The number of aromatic amines is 1. The van der Waals surface area contributed by atoms with Gasteiger partial charge in [0.15, 0.2) is 0 Å². The molecule has 5 heteroatoms. The van der Waals surface area contributed by atoms with Crippen LogP contribution in [-0.4, -0.2) is 9.97 Å². The molecule has 0 spiro atoms. The first-order valence-electron chi connectivity index (χ1n) is 5.54. The van der Waals surface area contributed by atoms with Gasteiger partial charge in [-0.2, -0.15) is 5.26 Å². The number of fused-ring (bicyclic) bond motifs is 1. The van der Waals surface area contributed by atoms with Gasteiger partial charge >= 0.3 is 0 Å². The van der Waals surface area contributed by atoms with E-state index in [1.807, 2.05) is 0 Å². The van der Waals surface area contributed by atoms with E-state index in [0.29, 0.717) is 22.5 Å². The molecule has 3 nitrogen and oxygen atoms in total. The first kappa shape index (κ1) is 11.7. The van der Waals surface area contributed by atoms with Crippen LogP contribution in [-0.2, 0) is 0 Å². The van der Waals surface area contributed by atoms with Gasteiger partial charge in [0.1, 0.15) is 23.2 Å². The molecule has 1 aromatic heterocycles. The Morgan fingerprint density at radius 3 is 2.79 bits per heavy atom. The fourth-order valence-electron chi connectivity index (χ4n) is 1.94. The van der Waals surface area contributed by atoms with E-state index >= 15 is 0 Å². The molecule has 0 aliphatic heterocycles. The lowest BCUT2D eigenvalue weighted by molar-refractivity contribution is 0.628. The number of nitrogens with zero attached hydrogens (tertiary/aromatic N) is 2. The van der Waals surface area contributed by atoms with Crippen LogP contribution in [0, 0.1) is 17.1 Å². The highest BCUT2D eigenvalue weighted by atomic mass is 35.5. The highest BCUT2D eigenvalue weighted by Gasteiger charge is 2.13. The third-order valence-corrected chi connectivity index (χ3v) is 3.22. The van der Waals surface area contributed by atoms with Crippen LogP contribution in [0.2, 0.25) is 5.02 Å². The molecule has 0 aliphatic carbocycles. The normalized spacial score (nSPS) is 10.6. The number of hydrogen-bond donors (Lipinski definition) is 1. The van der Waals surface area contributed by atoms with E-state index in [1.54, 1.807) is 30.3 Å². The number of imidazole rings is 1. The number of para-hydroxylation sites is 1. The summed E-state index contributed by atoms with van der Waals surface area (Å²) in [5, 5.41) is 9.04. The van der Waals surface area contributed by atoms with Crippen molar-refractivity contribution in [3.63, 3.8) is 0 Å². The summed E-state index contributed by atoms with van der Waals surface area (Å²) in [6.07, 6.45) is 0. The van der Waals surface area contributed by atoms with Crippen LogP contribution >= 0.6 is 11.6 Å². The molecule has 0 bridgehead atoms. The number of hydrogen-bond acceptors (Lipinski definition) is 2. The molecule has 1 N–H and O–H groups in total. The topological polar surface area (TPSA) is 52.5 Å². The molecule has 0 saturated carbocycles. The Kier molecular flexibility index (Phi) is 2.69. The molecule has 3 rings (SSSR count). The summed E-state index contributed by atoms with van der Waals surface area (Å²) >= 11 is 5.93. The number of nitrogens with one attached hydrogen (secondary N) is 1. The van der Waals surface area contributed by atoms with Crippen molar-refractivity contribution in [2.24, 2.45) is 0 Å². The van der Waals surface area contributed by atoms with Crippen molar-refractivity contribution < 1.29 is 4.39 Å². The Bertz CT molecular complexity index is 817. The number of nitriles is 1. The molecule has 0 amide bonds. The van der Waals surface area contributed by atoms with Crippen LogP contribution in [0.1, 0.15) is 5.56 Å². The van der Waals surface area contributed by atoms with Gasteiger partial charge < -0.3 is 4.98 Å². The zero-order chi connectivity index (χ0) is 13.4. The summed E-state index contributed by atoms with van der Waals surface area (Å²) in [6.45, 7) is 0. The average molecular weight is 272 g/mol. The van der Waals surface area contributed by atoms with Crippen LogP contribution in [0.4, 0.5) is 4.39 Å². The van der Waals surface area contributed by atoms with E-state index in [0.717, 1.165) is 5.52 Å². The number of rotatable bonds is 1. The first-order valence-corrected chi connectivity index (χ1v) is 5.91. The van der Waals surface area contributed by atoms with Gasteiger partial charge in [0.05, 0.1) is 16.1 Å². The van der Waals surface area contributed by atoms with Crippen molar-refractivity contribution in [2.45, 2.75) is 0 Å². The molecule has 92 valence electrons. The van der Waals surface area contributed by atoms with Gasteiger partial charge in [0.2, 0.25) is 0 Å². The maximum atomic E-state index is 13.4. The smallest absolute Gasteiger partial charge is 0.142 e. The lowest BCUT2D eigenvalue weighted by Gasteiger charge is -2.00. The van der Waals surface area contributed by atoms with E-state index in [1.165, 1.54) is 6.07 Å². The van der Waals surface area contributed by atoms with Crippen LogP contribution in [0.15, 0.2) is 36.4 Å². The molecule has 0 aliphatic rings. The van der Waals surface area contributed by atoms with E-state index in [4.69, 9.17) is 16.9 Å². The van der Waals surface area contributed by atoms with Gasteiger partial charge in [0.25, 0.3) is 0 Å². The van der Waals surface area contributed by atoms with Crippen molar-refractivity contribution in [2.75, 3.05) is 0 Å². The summed E-state index contributed by atoms with van der Waals surface area (Å²) in [7, 11) is 0. The zero-order valence-corrected chi connectivity index (χ0v) is 10.4. The predicted octanol–water partition coefficient (Wildman–Crippen LogP) is 3.89. The second kappa shape index (κ2) is 4.38. The van der Waals surface area contributed by atoms with Gasteiger partial charge in [-0.05, 0) is 24.3 Å². The Balaban J connectivity index is 2.27. The molecule has 2 aromatic carbocycles. The Morgan fingerprint density at radius 1 is 1.21 bits per heavy atom. The van der Waals surface area contributed by atoms with Gasteiger partial charge in [-0.1, -0.05) is 23.7 Å². The fourth-order valence-corrected chi connectivity index (χ4v) is 2.15. The minimum atomic E-state index is -0.500. The Hall–Kier alpha value is -2.38. The van der Waals surface area contributed by atoms with Crippen molar-refractivity contribution in [1.29, 1.82) is 5.26 Å². The Morgan fingerprint density at radius 2 is 2.00 bits per heavy atom. The third kappa shape index (κ3) is 1.85. The molecule has 3 aromatic rings. The van der Waals surface area contributed by atoms with Crippen molar-refractivity contribution >= 4 is 22.6 Å². The Labute approximate surface area is 113 Å². The number of aromatic nitrogens is 2. The highest BCUT2D eigenvalue weighted by Crippen LogP contribution is 2.29.